The Bertz CT molecular complexity index is 2550. The first-order valence-electron chi connectivity index (χ1n) is 20.9. The van der Waals surface area contributed by atoms with Gasteiger partial charge in [-0.15, -0.1) is 22.7 Å². The summed E-state index contributed by atoms with van der Waals surface area (Å²) in [6.45, 7) is 9.39. The first kappa shape index (κ1) is 62.4. The van der Waals surface area contributed by atoms with Crippen LogP contribution < -0.4 is 21.3 Å². The van der Waals surface area contributed by atoms with Crippen LogP contribution in [0.4, 0.5) is 31.2 Å². The Labute approximate surface area is 444 Å². The number of anilines is 4. The van der Waals surface area contributed by atoms with E-state index in [-0.39, 0.29) is 106 Å². The summed E-state index contributed by atoms with van der Waals surface area (Å²) in [5, 5.41) is 14.0. The third-order valence-corrected chi connectivity index (χ3v) is 12.9. The number of esters is 4. The summed E-state index contributed by atoms with van der Waals surface area (Å²) in [5.41, 5.74) is 1.25. The topological polar surface area (TPSA) is 348 Å². The average Bonchev–Trinajstić information content (AvgIpc) is 4.07. The molecule has 392 valence electrons. The molecule has 4 aromatic rings. The van der Waals surface area contributed by atoms with Crippen molar-refractivity contribution in [1.29, 1.82) is 0 Å². The van der Waals surface area contributed by atoms with Crippen molar-refractivity contribution in [2.24, 2.45) is 0 Å². The zero-order valence-electron chi connectivity index (χ0n) is 39.5. The van der Waals surface area contributed by atoms with Gasteiger partial charge in [0.05, 0.1) is 46.6 Å². The molecule has 6 amide bonds. The quantitative estimate of drug-likeness (QED) is 0.0480. The van der Waals surface area contributed by atoms with E-state index in [0.717, 1.165) is 56.0 Å². The van der Waals surface area contributed by atoms with Gasteiger partial charge in [0.1, 0.15) is 32.9 Å². The highest BCUT2D eigenvalue weighted by atomic mass is 32.2. The Balaban J connectivity index is 0.000000480. The predicted octanol–water partition coefficient (Wildman–Crippen LogP) is 5.27. The van der Waals surface area contributed by atoms with Crippen molar-refractivity contribution in [1.82, 2.24) is 19.8 Å². The molecule has 6 rings (SSSR count). The largest absolute Gasteiger partial charge is 0.462 e. The van der Waals surface area contributed by atoms with Gasteiger partial charge in [-0.3, -0.25) is 39.6 Å². The number of hydrogen-bond donors (Lipinski definition) is 4. The molecule has 2 saturated heterocycles. The van der Waals surface area contributed by atoms with Crippen molar-refractivity contribution in [3.8, 4) is 0 Å². The van der Waals surface area contributed by atoms with Crippen LogP contribution >= 0.6 is 70.6 Å². The molecule has 2 aromatic carbocycles. The maximum absolute atomic E-state index is 13.1. The molecule has 29 heteroatoms. The fourth-order valence-corrected chi connectivity index (χ4v) is 9.75. The standard InChI is InChI=1S/2C22H22N4O6S3.3H2O/c2*1-4-31-19(29)16(17-18(28)26(22(33)35-17)10-15(27)32-12(2)3)14-11-34-21(24-14)25-20(30)23-13-8-6-5-7-9-13;;;/h2*5-9,11-12H,4,10H2,1-3H3,(H2,23,24,25,30);3*1H2. The number of carbonyl (C=O) groups is 8. The van der Waals surface area contributed by atoms with Crippen LogP contribution in [0.2, 0.25) is 0 Å². The molecule has 0 spiro atoms. The monoisotopic (exact) mass is 1120 g/mol. The van der Waals surface area contributed by atoms with Gasteiger partial charge in [-0.25, -0.2) is 29.1 Å². The number of urea groups is 2. The van der Waals surface area contributed by atoms with E-state index >= 15 is 0 Å². The minimum atomic E-state index is -0.775. The minimum absolute atomic E-state index is 0. The zero-order valence-corrected chi connectivity index (χ0v) is 44.4. The van der Waals surface area contributed by atoms with E-state index in [1.807, 2.05) is 12.1 Å². The highest BCUT2D eigenvalue weighted by molar-refractivity contribution is 8.27. The summed E-state index contributed by atoms with van der Waals surface area (Å²) in [7, 11) is 0. The van der Waals surface area contributed by atoms with Gasteiger partial charge < -0.3 is 46.0 Å². The van der Waals surface area contributed by atoms with Crippen molar-refractivity contribution in [3.63, 3.8) is 0 Å². The molecule has 23 nitrogen and oxygen atoms in total. The third kappa shape index (κ3) is 17.8. The Morgan fingerprint density at radius 2 is 0.918 bits per heavy atom. The number of carbonyl (C=O) groups excluding carboxylic acids is 8. The number of para-hydroxylation sites is 2. The van der Waals surface area contributed by atoms with Gasteiger partial charge in [0.15, 0.2) is 10.3 Å². The molecule has 73 heavy (non-hydrogen) atoms. The van der Waals surface area contributed by atoms with Crippen LogP contribution in [-0.4, -0.2) is 131 Å². The molecular formula is C44H50N8O15S6. The molecular weight excluding hydrogens is 1070 g/mol. The lowest BCUT2D eigenvalue weighted by Gasteiger charge is -2.15. The van der Waals surface area contributed by atoms with Gasteiger partial charge in [-0.05, 0) is 65.8 Å². The minimum Gasteiger partial charge on any atom is -0.462 e. The number of thiazole rings is 2. The molecule has 0 bridgehead atoms. The van der Waals surface area contributed by atoms with Crippen LogP contribution in [0.5, 0.6) is 0 Å². The number of rotatable bonds is 16. The van der Waals surface area contributed by atoms with E-state index in [4.69, 9.17) is 43.4 Å². The summed E-state index contributed by atoms with van der Waals surface area (Å²) in [6, 6.07) is 16.6. The first-order valence-corrected chi connectivity index (χ1v) is 25.1. The van der Waals surface area contributed by atoms with Crippen LogP contribution in [0.3, 0.4) is 0 Å². The molecule has 10 N–H and O–H groups in total. The van der Waals surface area contributed by atoms with Gasteiger partial charge in [-0.1, -0.05) is 84.4 Å². The summed E-state index contributed by atoms with van der Waals surface area (Å²) in [6.07, 6.45) is -0.710. The zero-order chi connectivity index (χ0) is 51.1. The van der Waals surface area contributed by atoms with Crippen molar-refractivity contribution >= 4 is 160 Å². The number of ether oxygens (including phenoxy) is 4. The molecule has 0 unspecified atom stereocenters. The maximum atomic E-state index is 13.1. The lowest BCUT2D eigenvalue weighted by atomic mass is 10.2. The smallest absolute Gasteiger partial charge is 0.341 e. The summed E-state index contributed by atoms with van der Waals surface area (Å²) in [5.74, 6) is -4.06. The Hall–Kier alpha value is -6.70. The second-order valence-corrected chi connectivity index (χ2v) is 19.4. The fourth-order valence-electron chi connectivity index (χ4n) is 5.72. The SMILES string of the molecule is CCOC(=O)C(=C1SC(=S)N(CC(=O)OC(C)C)C1=O)c1csc(NC(=O)Nc2ccccc2)n1.CCOC(=O)C(=C1SC(=S)N(CC(=O)OC(C)C)C1=O)c1csc(NC(=O)Nc2ccccc2)n1.O.O.O. The summed E-state index contributed by atoms with van der Waals surface area (Å²) < 4.78 is 20.7. The third-order valence-electron chi connectivity index (χ3n) is 8.45. The number of benzene rings is 2. The molecule has 0 radical (unpaired) electrons. The molecule has 0 atom stereocenters. The summed E-state index contributed by atoms with van der Waals surface area (Å²) in [4.78, 5) is 111. The predicted molar refractivity (Wildman–Crippen MR) is 287 cm³/mol. The first-order chi connectivity index (χ1) is 33.4. The molecule has 2 aliphatic rings. The Kier molecular flexibility index (Phi) is 25.4. The van der Waals surface area contributed by atoms with Crippen molar-refractivity contribution in [3.05, 3.63) is 92.6 Å². The molecule has 2 fully saturated rings. The van der Waals surface area contributed by atoms with Crippen LogP contribution in [0.15, 0.2) is 81.2 Å². The van der Waals surface area contributed by atoms with Gasteiger partial charge in [0.25, 0.3) is 11.8 Å². The highest BCUT2D eigenvalue weighted by Gasteiger charge is 2.41. The number of thioether (sulfide) groups is 2. The number of amides is 6. The van der Waals surface area contributed by atoms with E-state index in [9.17, 15) is 38.4 Å². The lowest BCUT2D eigenvalue weighted by molar-refractivity contribution is -0.150. The van der Waals surface area contributed by atoms with E-state index in [1.54, 1.807) is 90.1 Å². The highest BCUT2D eigenvalue weighted by Crippen LogP contribution is 2.40. The van der Waals surface area contributed by atoms with E-state index in [2.05, 4.69) is 31.2 Å². The van der Waals surface area contributed by atoms with Gasteiger partial charge in [0, 0.05) is 22.1 Å². The molecule has 0 saturated carbocycles. The van der Waals surface area contributed by atoms with E-state index in [1.165, 1.54) is 10.8 Å². The summed E-state index contributed by atoms with van der Waals surface area (Å²) >= 11 is 14.4. The van der Waals surface area contributed by atoms with Crippen molar-refractivity contribution in [2.45, 2.75) is 53.8 Å². The van der Waals surface area contributed by atoms with Gasteiger partial charge in [-0.2, -0.15) is 0 Å². The van der Waals surface area contributed by atoms with Crippen molar-refractivity contribution < 1.29 is 73.7 Å². The Morgan fingerprint density at radius 1 is 0.575 bits per heavy atom. The van der Waals surface area contributed by atoms with Crippen molar-refractivity contribution in [2.75, 3.05) is 47.6 Å². The number of aromatic nitrogens is 2. The van der Waals surface area contributed by atoms with Crippen LogP contribution in [0.1, 0.15) is 52.9 Å². The molecule has 4 heterocycles. The average molecular weight is 1120 g/mol. The molecule has 0 aliphatic carbocycles. The number of thiocarbonyl (C=S) groups is 2. The number of nitrogens with one attached hydrogen (secondary N) is 4. The number of hydrogen-bond acceptors (Lipinski definition) is 20. The Morgan fingerprint density at radius 3 is 1.23 bits per heavy atom. The second-order valence-electron chi connectivity index (χ2n) is 14.4. The van der Waals surface area contributed by atoms with Crippen LogP contribution in [0.25, 0.3) is 11.1 Å². The lowest BCUT2D eigenvalue weighted by Crippen LogP contribution is -2.35. The van der Waals surface area contributed by atoms with Gasteiger partial charge >= 0.3 is 35.9 Å². The van der Waals surface area contributed by atoms with E-state index < -0.39 is 47.8 Å². The molecule has 2 aliphatic heterocycles. The van der Waals surface area contributed by atoms with E-state index in [0.29, 0.717) is 11.4 Å². The maximum Gasteiger partial charge on any atom is 0.341 e. The number of nitrogens with zero attached hydrogens (tertiary/aromatic N) is 4. The van der Waals surface area contributed by atoms with Crippen LogP contribution in [0, 0.1) is 0 Å². The molecule has 2 aromatic heterocycles. The van der Waals surface area contributed by atoms with Gasteiger partial charge in [0.2, 0.25) is 0 Å². The second kappa shape index (κ2) is 29.7. The normalized spacial score (nSPS) is 14.1. The fraction of sp³-hybridized carbons (Fsp3) is 0.273. The van der Waals surface area contributed by atoms with Crippen LogP contribution in [-0.2, 0) is 47.7 Å².